The van der Waals surface area contributed by atoms with Gasteiger partial charge in [0.25, 0.3) is 0 Å². The molecule has 0 aliphatic heterocycles. The van der Waals surface area contributed by atoms with Crippen molar-refractivity contribution in [1.29, 1.82) is 0 Å². The Kier molecular flexibility index (Phi) is 8.94. The fraction of sp³-hybridized carbons (Fsp3) is 0.812. The van der Waals surface area contributed by atoms with Crippen molar-refractivity contribution in [3.63, 3.8) is 0 Å². The lowest BCUT2D eigenvalue weighted by Crippen LogP contribution is -2.49. The van der Waals surface area contributed by atoms with Crippen molar-refractivity contribution in [2.45, 2.75) is 59.5 Å². The number of aliphatic hydroxyl groups is 1. The Morgan fingerprint density at radius 3 is 1.86 bits per heavy atom. The van der Waals surface area contributed by atoms with Crippen LogP contribution < -0.4 is 0 Å². The summed E-state index contributed by atoms with van der Waals surface area (Å²) in [6.07, 6.45) is 0.905. The zero-order chi connectivity index (χ0) is 17.3. The van der Waals surface area contributed by atoms with E-state index >= 15 is 0 Å². The fourth-order valence-electron chi connectivity index (χ4n) is 1.41. The third-order valence-corrected chi connectivity index (χ3v) is 3.74. The Labute approximate surface area is 132 Å². The second-order valence-corrected chi connectivity index (χ2v) is 5.90. The highest BCUT2D eigenvalue weighted by Crippen LogP contribution is 2.17. The number of hydrogen-bond acceptors (Lipinski definition) is 6. The van der Waals surface area contributed by atoms with Gasteiger partial charge in [-0.3, -0.25) is 9.59 Å². The highest BCUT2D eigenvalue weighted by molar-refractivity contribution is 6.08. The van der Waals surface area contributed by atoms with Crippen LogP contribution in [0.15, 0.2) is 0 Å². The Hall–Kier alpha value is -1.43. The van der Waals surface area contributed by atoms with Gasteiger partial charge in [0.15, 0.2) is 5.78 Å². The molecule has 6 heteroatoms. The molecule has 0 rings (SSSR count). The van der Waals surface area contributed by atoms with Crippen LogP contribution in [0.25, 0.3) is 0 Å². The fourth-order valence-corrected chi connectivity index (χ4v) is 1.41. The van der Waals surface area contributed by atoms with Crippen LogP contribution in [0.2, 0.25) is 0 Å². The summed E-state index contributed by atoms with van der Waals surface area (Å²) >= 11 is 0. The van der Waals surface area contributed by atoms with E-state index in [1.807, 2.05) is 27.7 Å². The van der Waals surface area contributed by atoms with Gasteiger partial charge >= 0.3 is 11.9 Å². The molecule has 0 spiro atoms. The monoisotopic (exact) mass is 316 g/mol. The van der Waals surface area contributed by atoms with Crippen molar-refractivity contribution >= 4 is 17.7 Å². The van der Waals surface area contributed by atoms with Crippen molar-refractivity contribution in [2.75, 3.05) is 13.2 Å². The van der Waals surface area contributed by atoms with Crippen LogP contribution in [0.4, 0.5) is 0 Å². The number of hydrogen-bond donors (Lipinski definition) is 1. The number of ketones is 1. The maximum atomic E-state index is 12.0. The van der Waals surface area contributed by atoms with Crippen LogP contribution in [0.5, 0.6) is 0 Å². The Morgan fingerprint density at radius 1 is 1.00 bits per heavy atom. The molecule has 0 saturated carbocycles. The molecule has 0 aromatic heterocycles. The third kappa shape index (κ3) is 6.56. The zero-order valence-corrected chi connectivity index (χ0v) is 14.2. The summed E-state index contributed by atoms with van der Waals surface area (Å²) in [6, 6.07) is 0. The summed E-state index contributed by atoms with van der Waals surface area (Å²) in [6.45, 7) is 8.99. The molecule has 0 aliphatic carbocycles. The summed E-state index contributed by atoms with van der Waals surface area (Å²) < 4.78 is 9.93. The summed E-state index contributed by atoms with van der Waals surface area (Å²) in [5.41, 5.74) is -2.47. The molecule has 0 heterocycles. The summed E-state index contributed by atoms with van der Waals surface area (Å²) in [5.74, 6) is -2.44. The van der Waals surface area contributed by atoms with Crippen molar-refractivity contribution in [1.82, 2.24) is 0 Å². The van der Waals surface area contributed by atoms with Gasteiger partial charge < -0.3 is 14.6 Å². The summed E-state index contributed by atoms with van der Waals surface area (Å²) in [5, 5.41) is 10.2. The van der Waals surface area contributed by atoms with E-state index in [-0.39, 0.29) is 25.0 Å². The molecule has 0 aromatic carbocycles. The first-order chi connectivity index (χ1) is 10.2. The van der Waals surface area contributed by atoms with E-state index in [4.69, 9.17) is 9.47 Å². The molecule has 0 fully saturated rings. The third-order valence-electron chi connectivity index (χ3n) is 3.74. The molecule has 0 saturated heterocycles. The quantitative estimate of drug-likeness (QED) is 0.489. The number of rotatable bonds is 10. The van der Waals surface area contributed by atoms with Gasteiger partial charge in [-0.2, -0.15) is 0 Å². The predicted octanol–water partition coefficient (Wildman–Crippen LogP) is 1.88. The molecule has 0 radical (unpaired) electrons. The molecule has 0 aliphatic rings. The van der Waals surface area contributed by atoms with Gasteiger partial charge in [0.2, 0.25) is 5.60 Å². The summed E-state index contributed by atoms with van der Waals surface area (Å²) in [7, 11) is 0. The van der Waals surface area contributed by atoms with E-state index in [0.717, 1.165) is 19.8 Å². The van der Waals surface area contributed by atoms with Crippen LogP contribution in [0.3, 0.4) is 0 Å². The van der Waals surface area contributed by atoms with Gasteiger partial charge in [-0.05, 0) is 18.8 Å². The Balaban J connectivity index is 4.70. The van der Waals surface area contributed by atoms with Crippen LogP contribution in [-0.4, -0.2) is 41.6 Å². The molecule has 3 atom stereocenters. The lowest BCUT2D eigenvalue weighted by Gasteiger charge is -2.23. The molecule has 0 aromatic rings. The normalized spacial score (nSPS) is 16.3. The number of carbonyl (C=O) groups is 3. The highest BCUT2D eigenvalue weighted by Gasteiger charge is 2.45. The lowest BCUT2D eigenvalue weighted by atomic mass is 9.95. The van der Waals surface area contributed by atoms with Gasteiger partial charge in [0.05, 0.1) is 19.6 Å². The van der Waals surface area contributed by atoms with Crippen LogP contribution in [0, 0.1) is 11.8 Å². The lowest BCUT2D eigenvalue weighted by molar-refractivity contribution is -0.177. The highest BCUT2D eigenvalue weighted by atomic mass is 16.6. The van der Waals surface area contributed by atoms with Gasteiger partial charge in [0, 0.05) is 0 Å². The average molecular weight is 316 g/mol. The van der Waals surface area contributed by atoms with Gasteiger partial charge in [-0.25, -0.2) is 4.79 Å². The van der Waals surface area contributed by atoms with Gasteiger partial charge in [0.1, 0.15) is 0 Å². The SMILES string of the molecule is CCC(C)COC(=O)CC(O)(C(C)=O)C(=O)OCC(C)CC. The van der Waals surface area contributed by atoms with E-state index in [1.54, 1.807) is 0 Å². The van der Waals surface area contributed by atoms with E-state index < -0.39 is 29.7 Å². The summed E-state index contributed by atoms with van der Waals surface area (Å²) in [4.78, 5) is 35.3. The molecule has 0 bridgehead atoms. The van der Waals surface area contributed by atoms with Crippen molar-refractivity contribution in [3.05, 3.63) is 0 Å². The molecule has 1 N–H and O–H groups in total. The average Bonchev–Trinajstić information content (AvgIpc) is 2.49. The standard InChI is InChI=1S/C16H28O6/c1-6-11(3)9-21-14(18)8-16(20,13(5)17)15(19)22-10-12(4)7-2/h11-12,20H,6-10H2,1-5H3. The van der Waals surface area contributed by atoms with Crippen LogP contribution >= 0.6 is 0 Å². The van der Waals surface area contributed by atoms with Crippen molar-refractivity contribution in [2.24, 2.45) is 11.8 Å². The van der Waals surface area contributed by atoms with E-state index in [0.29, 0.717) is 0 Å². The minimum absolute atomic E-state index is 0.0901. The topological polar surface area (TPSA) is 89.9 Å². The second-order valence-electron chi connectivity index (χ2n) is 5.90. The first-order valence-corrected chi connectivity index (χ1v) is 7.73. The minimum atomic E-state index is -2.47. The van der Waals surface area contributed by atoms with Crippen molar-refractivity contribution in [3.8, 4) is 0 Å². The molecular formula is C16H28O6. The maximum absolute atomic E-state index is 12.0. The first-order valence-electron chi connectivity index (χ1n) is 7.73. The van der Waals surface area contributed by atoms with Gasteiger partial charge in [-0.15, -0.1) is 0 Å². The number of carbonyl (C=O) groups excluding carboxylic acids is 3. The largest absolute Gasteiger partial charge is 0.465 e. The molecular weight excluding hydrogens is 288 g/mol. The molecule has 128 valence electrons. The van der Waals surface area contributed by atoms with Crippen LogP contribution in [0.1, 0.15) is 53.9 Å². The number of ether oxygens (including phenoxy) is 2. The van der Waals surface area contributed by atoms with Crippen LogP contribution in [-0.2, 0) is 23.9 Å². The predicted molar refractivity (Wildman–Crippen MR) is 81.1 cm³/mol. The zero-order valence-electron chi connectivity index (χ0n) is 14.2. The first kappa shape index (κ1) is 20.6. The smallest absolute Gasteiger partial charge is 0.346 e. The van der Waals surface area contributed by atoms with Gasteiger partial charge in [-0.1, -0.05) is 40.5 Å². The number of esters is 2. The Bertz CT molecular complexity index is 392. The Morgan fingerprint density at radius 2 is 1.45 bits per heavy atom. The number of Topliss-reactive ketones (excluding diaryl/α,β-unsaturated/α-hetero) is 1. The minimum Gasteiger partial charge on any atom is -0.465 e. The molecule has 0 amide bonds. The molecule has 3 unspecified atom stereocenters. The van der Waals surface area contributed by atoms with E-state index in [1.165, 1.54) is 0 Å². The van der Waals surface area contributed by atoms with E-state index in [2.05, 4.69) is 0 Å². The molecule has 22 heavy (non-hydrogen) atoms. The maximum Gasteiger partial charge on any atom is 0.346 e. The van der Waals surface area contributed by atoms with E-state index in [9.17, 15) is 19.5 Å². The second kappa shape index (κ2) is 9.56. The molecule has 6 nitrogen and oxygen atoms in total. The van der Waals surface area contributed by atoms with Crippen molar-refractivity contribution < 1.29 is 29.0 Å².